The summed E-state index contributed by atoms with van der Waals surface area (Å²) in [4.78, 5) is 39.9. The molecule has 0 radical (unpaired) electrons. The molecule has 176 valence electrons. The van der Waals surface area contributed by atoms with E-state index in [0.717, 1.165) is 29.4 Å². The monoisotopic (exact) mass is 447 g/mol. The summed E-state index contributed by atoms with van der Waals surface area (Å²) in [6, 6.07) is 5.99. The van der Waals surface area contributed by atoms with Crippen molar-refractivity contribution in [2.24, 2.45) is 5.92 Å². The van der Waals surface area contributed by atoms with Crippen LogP contribution < -0.4 is 15.4 Å². The zero-order valence-electron chi connectivity index (χ0n) is 19.2. The first-order valence-corrected chi connectivity index (χ1v) is 11.2. The van der Waals surface area contributed by atoms with E-state index in [0.29, 0.717) is 12.3 Å². The Morgan fingerprint density at radius 3 is 2.78 bits per heavy atom. The van der Waals surface area contributed by atoms with Crippen molar-refractivity contribution in [1.82, 2.24) is 15.5 Å². The quantitative estimate of drug-likeness (QED) is 0.347. The molecule has 3 atom stereocenters. The van der Waals surface area contributed by atoms with Crippen LogP contribution >= 0.6 is 0 Å². The lowest BCUT2D eigenvalue weighted by atomic mass is 9.92. The van der Waals surface area contributed by atoms with Crippen LogP contribution in [0.3, 0.4) is 0 Å². The molecule has 3 rings (SSSR count). The molecular formula is C23H35N4O5+. The van der Waals surface area contributed by atoms with Gasteiger partial charge in [-0.15, -0.1) is 0 Å². The highest BCUT2D eigenvalue weighted by Crippen LogP contribution is 2.43. The van der Waals surface area contributed by atoms with Gasteiger partial charge in [0.2, 0.25) is 17.7 Å². The first kappa shape index (κ1) is 24.0. The van der Waals surface area contributed by atoms with Crippen LogP contribution in [-0.2, 0) is 14.4 Å². The van der Waals surface area contributed by atoms with Gasteiger partial charge in [0, 0.05) is 6.54 Å². The predicted molar refractivity (Wildman–Crippen MR) is 119 cm³/mol. The largest absolute Gasteiger partial charge is 0.491 e. The second kappa shape index (κ2) is 10.3. The summed E-state index contributed by atoms with van der Waals surface area (Å²) < 4.78 is 6.40. The fourth-order valence-electron chi connectivity index (χ4n) is 4.45. The minimum atomic E-state index is -0.655. The summed E-state index contributed by atoms with van der Waals surface area (Å²) in [6.07, 6.45) is 2.15. The summed E-state index contributed by atoms with van der Waals surface area (Å²) in [7, 11) is 6.41. The smallest absolute Gasteiger partial charge is 0.243 e. The van der Waals surface area contributed by atoms with Crippen molar-refractivity contribution in [2.75, 3.05) is 54.0 Å². The lowest BCUT2D eigenvalue weighted by Gasteiger charge is -2.34. The Kier molecular flexibility index (Phi) is 7.73. The van der Waals surface area contributed by atoms with Crippen molar-refractivity contribution in [3.8, 4) is 5.75 Å². The lowest BCUT2D eigenvalue weighted by Crippen LogP contribution is -2.56. The molecule has 0 bridgehead atoms. The zero-order valence-corrected chi connectivity index (χ0v) is 19.2. The molecule has 0 aromatic heterocycles. The Labute approximate surface area is 189 Å². The van der Waals surface area contributed by atoms with Crippen LogP contribution in [0.25, 0.3) is 0 Å². The average molecular weight is 448 g/mol. The maximum Gasteiger partial charge on any atom is 0.243 e. The van der Waals surface area contributed by atoms with Gasteiger partial charge in [0.1, 0.15) is 18.4 Å². The van der Waals surface area contributed by atoms with E-state index in [1.807, 2.05) is 6.07 Å². The number of hydrogen-bond acceptors (Lipinski definition) is 5. The van der Waals surface area contributed by atoms with Crippen molar-refractivity contribution in [1.29, 1.82) is 0 Å². The molecule has 1 aromatic rings. The molecule has 2 saturated heterocycles. The number of aliphatic hydroxyl groups excluding tert-OH is 1. The molecular weight excluding hydrogens is 412 g/mol. The summed E-state index contributed by atoms with van der Waals surface area (Å²) in [5.74, 6) is -0.537. The van der Waals surface area contributed by atoms with Gasteiger partial charge in [-0.3, -0.25) is 14.4 Å². The maximum absolute atomic E-state index is 13.2. The third-order valence-corrected chi connectivity index (χ3v) is 5.95. The number of carbonyl (C=O) groups excluding carboxylic acids is 3. The number of fused-ring (bicyclic) bond motifs is 1. The minimum Gasteiger partial charge on any atom is -0.491 e. The summed E-state index contributed by atoms with van der Waals surface area (Å²) in [6.45, 7) is 1.56. The third-order valence-electron chi connectivity index (χ3n) is 5.95. The van der Waals surface area contributed by atoms with E-state index in [9.17, 15) is 14.4 Å². The Morgan fingerprint density at radius 1 is 1.28 bits per heavy atom. The standard InChI is InChI=1S/C23H34N4O5/c1-27(2,3)10-5-4-9-24-22(30)18-14-19-23(31)25-15-20(29)26(19)21(18)16-7-6-8-17(13-16)32-12-11-28/h6-8,13,18-19,21,28H,4-5,9-12,14-15H2,1-3H3,(H-,24,25,30,31)/p+1/t18-,19-,21-/m1/s1. The van der Waals surface area contributed by atoms with Crippen molar-refractivity contribution in [3.63, 3.8) is 0 Å². The Bertz CT molecular complexity index is 838. The van der Waals surface area contributed by atoms with Crippen molar-refractivity contribution >= 4 is 17.7 Å². The predicted octanol–water partition coefficient (Wildman–Crippen LogP) is 0.0483. The third kappa shape index (κ3) is 5.77. The molecule has 0 spiro atoms. The van der Waals surface area contributed by atoms with Crippen LogP contribution in [0.1, 0.15) is 30.9 Å². The topological polar surface area (TPSA) is 108 Å². The van der Waals surface area contributed by atoms with Gasteiger partial charge in [-0.1, -0.05) is 12.1 Å². The SMILES string of the molecule is C[N+](C)(C)CCCCNC(=O)[C@@H]1C[C@@H]2C(=O)NCC(=O)N2[C@@H]1c1cccc(OCCO)c1. The molecule has 3 N–H and O–H groups in total. The molecule has 9 heteroatoms. The number of amides is 3. The van der Waals surface area contributed by atoms with Crippen LogP contribution in [0.15, 0.2) is 24.3 Å². The van der Waals surface area contributed by atoms with Crippen LogP contribution in [0.2, 0.25) is 0 Å². The van der Waals surface area contributed by atoms with E-state index in [2.05, 4.69) is 31.8 Å². The van der Waals surface area contributed by atoms with E-state index in [4.69, 9.17) is 9.84 Å². The molecule has 0 saturated carbocycles. The number of ether oxygens (including phenoxy) is 1. The molecule has 9 nitrogen and oxygen atoms in total. The molecule has 32 heavy (non-hydrogen) atoms. The van der Waals surface area contributed by atoms with Gasteiger partial charge in [-0.05, 0) is 37.0 Å². The van der Waals surface area contributed by atoms with Gasteiger partial charge < -0.3 is 29.9 Å². The molecule has 2 heterocycles. The highest BCUT2D eigenvalue weighted by atomic mass is 16.5. The maximum atomic E-state index is 13.2. The van der Waals surface area contributed by atoms with Gasteiger partial charge in [-0.2, -0.15) is 0 Å². The molecule has 3 amide bonds. The minimum absolute atomic E-state index is 0.0636. The van der Waals surface area contributed by atoms with Crippen LogP contribution in [0.5, 0.6) is 5.75 Å². The molecule has 0 aliphatic carbocycles. The zero-order chi connectivity index (χ0) is 23.3. The normalized spacial score (nSPS) is 23.0. The number of quaternary nitrogens is 1. The summed E-state index contributed by atoms with van der Waals surface area (Å²) in [5.41, 5.74) is 0.746. The average Bonchev–Trinajstić information content (AvgIpc) is 3.16. The first-order valence-electron chi connectivity index (χ1n) is 11.2. The van der Waals surface area contributed by atoms with Crippen LogP contribution in [0, 0.1) is 5.92 Å². The fourth-order valence-corrected chi connectivity index (χ4v) is 4.45. The number of rotatable bonds is 10. The molecule has 0 unspecified atom stereocenters. The lowest BCUT2D eigenvalue weighted by molar-refractivity contribution is -0.870. The number of hydrogen-bond donors (Lipinski definition) is 3. The van der Waals surface area contributed by atoms with Gasteiger partial charge in [0.15, 0.2) is 0 Å². The highest BCUT2D eigenvalue weighted by molar-refractivity contribution is 5.97. The van der Waals surface area contributed by atoms with E-state index in [1.54, 1.807) is 23.1 Å². The first-order chi connectivity index (χ1) is 15.2. The number of unbranched alkanes of at least 4 members (excludes halogenated alkanes) is 1. The van der Waals surface area contributed by atoms with Gasteiger partial charge in [0.05, 0.1) is 52.8 Å². The van der Waals surface area contributed by atoms with E-state index in [1.165, 1.54) is 0 Å². The van der Waals surface area contributed by atoms with Crippen molar-refractivity contribution in [2.45, 2.75) is 31.3 Å². The van der Waals surface area contributed by atoms with Gasteiger partial charge in [0.25, 0.3) is 0 Å². The van der Waals surface area contributed by atoms with Gasteiger partial charge in [-0.25, -0.2) is 0 Å². The fraction of sp³-hybridized carbons (Fsp3) is 0.609. The summed E-state index contributed by atoms with van der Waals surface area (Å²) >= 11 is 0. The number of benzene rings is 1. The number of nitrogens with one attached hydrogen (secondary N) is 2. The number of carbonyl (C=O) groups is 3. The Balaban J connectivity index is 1.76. The Hall–Kier alpha value is -2.65. The summed E-state index contributed by atoms with van der Waals surface area (Å²) in [5, 5.41) is 14.7. The number of nitrogens with zero attached hydrogens (tertiary/aromatic N) is 2. The molecule has 1 aromatic carbocycles. The van der Waals surface area contributed by atoms with Gasteiger partial charge >= 0.3 is 0 Å². The number of piperazine rings is 1. The second-order valence-corrected chi connectivity index (χ2v) is 9.48. The number of aliphatic hydroxyl groups is 1. The highest BCUT2D eigenvalue weighted by Gasteiger charge is 2.52. The van der Waals surface area contributed by atoms with Crippen LogP contribution in [-0.4, -0.2) is 92.2 Å². The molecule has 2 fully saturated rings. The van der Waals surface area contributed by atoms with E-state index >= 15 is 0 Å². The van der Waals surface area contributed by atoms with Crippen molar-refractivity contribution in [3.05, 3.63) is 29.8 Å². The van der Waals surface area contributed by atoms with E-state index < -0.39 is 18.0 Å². The van der Waals surface area contributed by atoms with E-state index in [-0.39, 0.29) is 43.9 Å². The Morgan fingerprint density at radius 2 is 2.06 bits per heavy atom. The molecule has 2 aliphatic rings. The molecule has 2 aliphatic heterocycles. The van der Waals surface area contributed by atoms with Crippen molar-refractivity contribution < 1.29 is 28.7 Å². The van der Waals surface area contributed by atoms with Crippen LogP contribution in [0.4, 0.5) is 0 Å². The second-order valence-electron chi connectivity index (χ2n) is 9.48.